The number of nitrogens with one attached hydrogen (secondary N) is 1. The van der Waals surface area contributed by atoms with Crippen LogP contribution in [-0.2, 0) is 12.1 Å². The van der Waals surface area contributed by atoms with Crippen molar-refractivity contribution >= 4 is 0 Å². The molecule has 0 fully saturated rings. The maximum atomic E-state index is 9.67. The summed E-state index contributed by atoms with van der Waals surface area (Å²) in [6.07, 6.45) is 0. The van der Waals surface area contributed by atoms with E-state index < -0.39 is 5.60 Å². The number of rotatable bonds is 3. The Bertz CT molecular complexity index is 280. The second-order valence-corrected chi connectivity index (χ2v) is 3.45. The van der Waals surface area contributed by atoms with Crippen LogP contribution in [0, 0.1) is 0 Å². The molecule has 1 aromatic heterocycles. The number of hydrazine groups is 1. The largest absolute Gasteiger partial charge is 0.384 e. The zero-order valence-corrected chi connectivity index (χ0v) is 7.91. The van der Waals surface area contributed by atoms with Crippen molar-refractivity contribution in [2.45, 2.75) is 26.0 Å². The van der Waals surface area contributed by atoms with Crippen LogP contribution in [0.5, 0.6) is 0 Å². The van der Waals surface area contributed by atoms with Crippen molar-refractivity contribution in [2.75, 3.05) is 0 Å². The van der Waals surface area contributed by atoms with Gasteiger partial charge in [-0.2, -0.15) is 0 Å². The number of aliphatic hydroxyl groups is 1. The highest BCUT2D eigenvalue weighted by Gasteiger charge is 2.17. The monoisotopic (exact) mass is 181 g/mol. The van der Waals surface area contributed by atoms with Crippen molar-refractivity contribution < 1.29 is 5.11 Å². The van der Waals surface area contributed by atoms with Crippen LogP contribution in [0.1, 0.15) is 25.2 Å². The fourth-order valence-electron chi connectivity index (χ4n) is 1.02. The average Bonchev–Trinajstić information content (AvgIpc) is 2.04. The van der Waals surface area contributed by atoms with Crippen LogP contribution in [0.3, 0.4) is 0 Å². The summed E-state index contributed by atoms with van der Waals surface area (Å²) in [4.78, 5) is 4.24. The van der Waals surface area contributed by atoms with E-state index >= 15 is 0 Å². The second-order valence-electron chi connectivity index (χ2n) is 3.45. The lowest BCUT2D eigenvalue weighted by Crippen LogP contribution is -2.23. The summed E-state index contributed by atoms with van der Waals surface area (Å²) in [5.74, 6) is 5.17. The molecule has 0 aromatic carbocycles. The Labute approximate surface area is 77.8 Å². The highest BCUT2D eigenvalue weighted by molar-refractivity contribution is 5.15. The van der Waals surface area contributed by atoms with Crippen LogP contribution >= 0.6 is 0 Å². The van der Waals surface area contributed by atoms with Crippen molar-refractivity contribution in [3.63, 3.8) is 0 Å². The second kappa shape index (κ2) is 3.83. The molecule has 0 aliphatic heterocycles. The molecular weight excluding hydrogens is 166 g/mol. The van der Waals surface area contributed by atoms with E-state index in [0.29, 0.717) is 12.2 Å². The van der Waals surface area contributed by atoms with Gasteiger partial charge in [0.1, 0.15) is 5.60 Å². The molecule has 0 saturated carbocycles. The van der Waals surface area contributed by atoms with E-state index in [0.717, 1.165) is 5.69 Å². The average molecular weight is 181 g/mol. The van der Waals surface area contributed by atoms with Crippen LogP contribution in [0.25, 0.3) is 0 Å². The lowest BCUT2D eigenvalue weighted by atomic mass is 10.0. The normalized spacial score (nSPS) is 11.7. The fraction of sp³-hybridized carbons (Fsp3) is 0.444. The maximum absolute atomic E-state index is 9.67. The zero-order chi connectivity index (χ0) is 9.90. The number of pyridine rings is 1. The van der Waals surface area contributed by atoms with Gasteiger partial charge in [0.2, 0.25) is 0 Å². The highest BCUT2D eigenvalue weighted by atomic mass is 16.3. The summed E-state index contributed by atoms with van der Waals surface area (Å²) in [7, 11) is 0. The molecule has 0 radical (unpaired) electrons. The first-order chi connectivity index (χ1) is 6.04. The van der Waals surface area contributed by atoms with Crippen LogP contribution in [0.4, 0.5) is 0 Å². The van der Waals surface area contributed by atoms with Gasteiger partial charge in [-0.05, 0) is 26.0 Å². The summed E-state index contributed by atoms with van der Waals surface area (Å²) < 4.78 is 0. The molecule has 72 valence electrons. The number of hydrogen-bond acceptors (Lipinski definition) is 4. The molecule has 0 spiro atoms. The van der Waals surface area contributed by atoms with Crippen LogP contribution < -0.4 is 11.3 Å². The van der Waals surface area contributed by atoms with Crippen molar-refractivity contribution in [1.29, 1.82) is 0 Å². The number of nitrogens with zero attached hydrogens (tertiary/aromatic N) is 1. The summed E-state index contributed by atoms with van der Waals surface area (Å²) in [6, 6.07) is 5.50. The van der Waals surface area contributed by atoms with Crippen molar-refractivity contribution in [1.82, 2.24) is 10.4 Å². The minimum atomic E-state index is -0.898. The van der Waals surface area contributed by atoms with E-state index in [2.05, 4.69) is 10.4 Å². The molecule has 1 aromatic rings. The van der Waals surface area contributed by atoms with Crippen molar-refractivity contribution in [3.05, 3.63) is 29.6 Å². The minimum Gasteiger partial charge on any atom is -0.384 e. The van der Waals surface area contributed by atoms with E-state index in [1.54, 1.807) is 19.9 Å². The summed E-state index contributed by atoms with van der Waals surface area (Å²) in [5.41, 5.74) is 3.09. The minimum absolute atomic E-state index is 0.504. The third kappa shape index (κ3) is 2.77. The predicted octanol–water partition coefficient (Wildman–Crippen LogP) is 0.272. The SMILES string of the molecule is CC(C)(O)c1cccc(CNN)n1. The Morgan fingerprint density at radius 1 is 1.54 bits per heavy atom. The molecule has 0 atom stereocenters. The van der Waals surface area contributed by atoms with Gasteiger partial charge in [-0.3, -0.25) is 16.3 Å². The van der Waals surface area contributed by atoms with E-state index in [-0.39, 0.29) is 0 Å². The lowest BCUT2D eigenvalue weighted by Gasteiger charge is -2.16. The first-order valence-electron chi connectivity index (χ1n) is 4.16. The molecule has 0 aliphatic carbocycles. The zero-order valence-electron chi connectivity index (χ0n) is 7.91. The van der Waals surface area contributed by atoms with Gasteiger partial charge in [-0.1, -0.05) is 6.07 Å². The van der Waals surface area contributed by atoms with Gasteiger partial charge >= 0.3 is 0 Å². The van der Waals surface area contributed by atoms with E-state index in [1.165, 1.54) is 0 Å². The summed E-state index contributed by atoms with van der Waals surface area (Å²) in [6.45, 7) is 3.91. The molecule has 1 heterocycles. The molecular formula is C9H15N3O. The standard InChI is InChI=1S/C9H15N3O/c1-9(2,13)8-5-3-4-7(12-8)6-11-10/h3-5,11,13H,6,10H2,1-2H3. The third-order valence-electron chi connectivity index (χ3n) is 1.72. The van der Waals surface area contributed by atoms with Crippen molar-refractivity contribution in [2.24, 2.45) is 5.84 Å². The lowest BCUT2D eigenvalue weighted by molar-refractivity contribution is 0.0736. The summed E-state index contributed by atoms with van der Waals surface area (Å²) >= 11 is 0. The van der Waals surface area contributed by atoms with Gasteiger partial charge in [-0.25, -0.2) is 0 Å². The molecule has 13 heavy (non-hydrogen) atoms. The van der Waals surface area contributed by atoms with Gasteiger partial charge in [0.25, 0.3) is 0 Å². The van der Waals surface area contributed by atoms with Crippen LogP contribution in [0.15, 0.2) is 18.2 Å². The van der Waals surface area contributed by atoms with Gasteiger partial charge < -0.3 is 5.11 Å². The quantitative estimate of drug-likeness (QED) is 0.462. The Hall–Kier alpha value is -0.970. The first-order valence-corrected chi connectivity index (χ1v) is 4.16. The molecule has 4 N–H and O–H groups in total. The number of aromatic nitrogens is 1. The molecule has 0 aliphatic rings. The molecule has 0 saturated heterocycles. The van der Waals surface area contributed by atoms with Crippen LogP contribution in [0.2, 0.25) is 0 Å². The fourth-order valence-corrected chi connectivity index (χ4v) is 1.02. The number of nitrogens with two attached hydrogens (primary N) is 1. The molecule has 0 bridgehead atoms. The van der Waals surface area contributed by atoms with Gasteiger partial charge in [0.15, 0.2) is 0 Å². The number of hydrogen-bond donors (Lipinski definition) is 3. The molecule has 0 unspecified atom stereocenters. The van der Waals surface area contributed by atoms with Crippen LogP contribution in [-0.4, -0.2) is 10.1 Å². The van der Waals surface area contributed by atoms with E-state index in [1.807, 2.05) is 12.1 Å². The molecule has 4 nitrogen and oxygen atoms in total. The topological polar surface area (TPSA) is 71.2 Å². The van der Waals surface area contributed by atoms with Gasteiger partial charge in [-0.15, -0.1) is 0 Å². The summed E-state index contributed by atoms with van der Waals surface area (Å²) in [5, 5.41) is 9.67. The Morgan fingerprint density at radius 2 is 2.23 bits per heavy atom. The Kier molecular flexibility index (Phi) is 2.98. The Balaban J connectivity index is 2.92. The maximum Gasteiger partial charge on any atom is 0.101 e. The highest BCUT2D eigenvalue weighted by Crippen LogP contribution is 2.16. The molecule has 4 heteroatoms. The van der Waals surface area contributed by atoms with Crippen molar-refractivity contribution in [3.8, 4) is 0 Å². The van der Waals surface area contributed by atoms with Gasteiger partial charge in [0.05, 0.1) is 17.9 Å². The molecule has 1 rings (SSSR count). The smallest absolute Gasteiger partial charge is 0.101 e. The van der Waals surface area contributed by atoms with Gasteiger partial charge in [0, 0.05) is 0 Å². The van der Waals surface area contributed by atoms with E-state index in [9.17, 15) is 5.11 Å². The van der Waals surface area contributed by atoms with E-state index in [4.69, 9.17) is 5.84 Å². The third-order valence-corrected chi connectivity index (χ3v) is 1.72. The Morgan fingerprint density at radius 3 is 2.77 bits per heavy atom. The predicted molar refractivity (Wildman–Crippen MR) is 50.5 cm³/mol. The molecule has 0 amide bonds. The first kappa shape index (κ1) is 10.1.